The molecule has 3 nitrogen and oxygen atoms in total. The van der Waals surface area contributed by atoms with Crippen molar-refractivity contribution in [1.82, 2.24) is 4.47 Å². The average molecular weight is 291 g/mol. The van der Waals surface area contributed by atoms with Crippen LogP contribution < -0.4 is 0 Å². The van der Waals surface area contributed by atoms with Gasteiger partial charge in [0.25, 0.3) is 0 Å². The normalized spacial score (nSPS) is 29.6. The van der Waals surface area contributed by atoms with Gasteiger partial charge in [-0.2, -0.15) is 0 Å². The molecular weight excluding hydrogens is 270 g/mol. The van der Waals surface area contributed by atoms with Gasteiger partial charge in [0.2, 0.25) is 0 Å². The molecule has 1 aromatic carbocycles. The summed E-state index contributed by atoms with van der Waals surface area (Å²) in [6.45, 7) is 7.98. The SMILES string of the molecule is C=C(C)[C@]1(N(O)Sc2ccccc2)CC[C@H](C)[C@@H]1C=O. The Labute approximate surface area is 124 Å². The maximum absolute atomic E-state index is 11.5. The van der Waals surface area contributed by atoms with Gasteiger partial charge in [-0.1, -0.05) is 37.3 Å². The second kappa shape index (κ2) is 6.12. The van der Waals surface area contributed by atoms with Gasteiger partial charge in [-0.25, -0.2) is 0 Å². The van der Waals surface area contributed by atoms with Gasteiger partial charge >= 0.3 is 0 Å². The number of aldehydes is 1. The molecule has 1 saturated carbocycles. The second-order valence-electron chi connectivity index (χ2n) is 5.56. The molecule has 0 saturated heterocycles. The van der Waals surface area contributed by atoms with Gasteiger partial charge < -0.3 is 10.0 Å². The zero-order valence-electron chi connectivity index (χ0n) is 12.0. The molecule has 3 atom stereocenters. The number of hydroxylamine groups is 1. The number of hydrogen-bond acceptors (Lipinski definition) is 4. The molecule has 0 heterocycles. The molecule has 0 aromatic heterocycles. The Balaban J connectivity index is 2.29. The predicted molar refractivity (Wildman–Crippen MR) is 81.4 cm³/mol. The van der Waals surface area contributed by atoms with Crippen LogP contribution in [0.25, 0.3) is 0 Å². The fourth-order valence-corrected chi connectivity index (χ4v) is 4.07. The Hall–Kier alpha value is -1.10. The van der Waals surface area contributed by atoms with Crippen LogP contribution in [0.1, 0.15) is 26.7 Å². The number of nitrogens with zero attached hydrogens (tertiary/aromatic N) is 1. The molecule has 0 amide bonds. The van der Waals surface area contributed by atoms with E-state index in [-0.39, 0.29) is 11.8 Å². The first-order chi connectivity index (χ1) is 9.52. The monoisotopic (exact) mass is 291 g/mol. The van der Waals surface area contributed by atoms with E-state index >= 15 is 0 Å². The lowest BCUT2D eigenvalue weighted by molar-refractivity contribution is -0.123. The van der Waals surface area contributed by atoms with E-state index in [1.807, 2.05) is 37.3 Å². The molecule has 1 fully saturated rings. The highest BCUT2D eigenvalue weighted by molar-refractivity contribution is 7.97. The van der Waals surface area contributed by atoms with Crippen molar-refractivity contribution in [1.29, 1.82) is 0 Å². The molecular formula is C16H21NO2S. The third kappa shape index (κ3) is 2.55. The van der Waals surface area contributed by atoms with Gasteiger partial charge in [-0.15, -0.1) is 4.47 Å². The lowest BCUT2D eigenvalue weighted by Crippen LogP contribution is -2.48. The number of hydrogen-bond donors (Lipinski definition) is 1. The summed E-state index contributed by atoms with van der Waals surface area (Å²) in [4.78, 5) is 12.5. The topological polar surface area (TPSA) is 40.5 Å². The van der Waals surface area contributed by atoms with Gasteiger partial charge in [0.15, 0.2) is 0 Å². The van der Waals surface area contributed by atoms with Crippen molar-refractivity contribution >= 4 is 18.2 Å². The fourth-order valence-electron chi connectivity index (χ4n) is 3.06. The molecule has 0 unspecified atom stereocenters. The molecule has 2 rings (SSSR count). The van der Waals surface area contributed by atoms with Crippen molar-refractivity contribution in [3.63, 3.8) is 0 Å². The first-order valence-electron chi connectivity index (χ1n) is 6.85. The molecule has 0 bridgehead atoms. The van der Waals surface area contributed by atoms with E-state index in [1.165, 1.54) is 16.4 Å². The Morgan fingerprint density at radius 3 is 2.70 bits per heavy atom. The lowest BCUT2D eigenvalue weighted by Gasteiger charge is -2.40. The van der Waals surface area contributed by atoms with E-state index < -0.39 is 5.54 Å². The Bertz CT molecular complexity index is 491. The van der Waals surface area contributed by atoms with Gasteiger partial charge in [0.05, 0.1) is 5.54 Å². The molecule has 4 heteroatoms. The maximum atomic E-state index is 11.5. The molecule has 0 radical (unpaired) electrons. The van der Waals surface area contributed by atoms with Crippen molar-refractivity contribution in [3.05, 3.63) is 42.5 Å². The summed E-state index contributed by atoms with van der Waals surface area (Å²) in [5.74, 6) is 0.0384. The van der Waals surface area contributed by atoms with Crippen LogP contribution in [0.3, 0.4) is 0 Å². The van der Waals surface area contributed by atoms with Crippen molar-refractivity contribution in [2.24, 2.45) is 11.8 Å². The van der Waals surface area contributed by atoms with Crippen LogP contribution in [0, 0.1) is 11.8 Å². The first kappa shape index (κ1) is 15.3. The van der Waals surface area contributed by atoms with Gasteiger partial charge in [0, 0.05) is 10.8 Å². The van der Waals surface area contributed by atoms with Crippen molar-refractivity contribution in [2.75, 3.05) is 0 Å². The highest BCUT2D eigenvalue weighted by atomic mass is 32.2. The lowest BCUT2D eigenvalue weighted by atomic mass is 9.80. The molecule has 1 aliphatic carbocycles. The maximum Gasteiger partial charge on any atom is 0.125 e. The van der Waals surface area contributed by atoms with E-state index in [0.29, 0.717) is 0 Å². The molecule has 0 spiro atoms. The largest absolute Gasteiger partial charge is 0.303 e. The minimum atomic E-state index is -0.665. The summed E-state index contributed by atoms with van der Waals surface area (Å²) in [6.07, 6.45) is 2.65. The van der Waals surface area contributed by atoms with Crippen molar-refractivity contribution in [2.45, 2.75) is 37.1 Å². The molecule has 0 aliphatic heterocycles. The number of carbonyl (C=O) groups excluding carboxylic acids is 1. The molecule has 1 aromatic rings. The Morgan fingerprint density at radius 2 is 2.15 bits per heavy atom. The highest BCUT2D eigenvalue weighted by Crippen LogP contribution is 2.49. The summed E-state index contributed by atoms with van der Waals surface area (Å²) < 4.78 is 1.24. The van der Waals surface area contributed by atoms with Crippen LogP contribution in [-0.4, -0.2) is 21.5 Å². The smallest absolute Gasteiger partial charge is 0.125 e. The second-order valence-corrected chi connectivity index (χ2v) is 6.56. The first-order valence-corrected chi connectivity index (χ1v) is 7.63. The standard InChI is InChI=1S/C16H21NO2S/c1-12(2)16(10-9-13(3)15(16)11-18)17(19)20-14-7-5-4-6-8-14/h4-8,11,13,15,19H,1,9-10H2,2-3H3/t13-,15-,16+/m0/s1. The highest BCUT2D eigenvalue weighted by Gasteiger charge is 2.52. The number of carbonyl (C=O) groups is 1. The van der Waals surface area contributed by atoms with Gasteiger partial charge in [-0.3, -0.25) is 0 Å². The summed E-state index contributed by atoms with van der Waals surface area (Å²) in [6, 6.07) is 9.67. The molecule has 1 N–H and O–H groups in total. The van der Waals surface area contributed by atoms with Crippen LogP contribution in [0.2, 0.25) is 0 Å². The number of benzene rings is 1. The minimum Gasteiger partial charge on any atom is -0.303 e. The van der Waals surface area contributed by atoms with Gasteiger partial charge in [-0.05, 0) is 49.8 Å². The molecule has 1 aliphatic rings. The Kier molecular flexibility index (Phi) is 4.68. The zero-order chi connectivity index (χ0) is 14.8. The predicted octanol–water partition coefficient (Wildman–Crippen LogP) is 3.94. The quantitative estimate of drug-likeness (QED) is 0.386. The van der Waals surface area contributed by atoms with Crippen molar-refractivity contribution in [3.8, 4) is 0 Å². The Morgan fingerprint density at radius 1 is 1.50 bits per heavy atom. The van der Waals surface area contributed by atoms with Gasteiger partial charge in [0.1, 0.15) is 6.29 Å². The van der Waals surface area contributed by atoms with E-state index in [4.69, 9.17) is 0 Å². The van der Waals surface area contributed by atoms with E-state index in [2.05, 4.69) is 13.5 Å². The molecule has 108 valence electrons. The van der Waals surface area contributed by atoms with E-state index in [1.54, 1.807) is 0 Å². The fraction of sp³-hybridized carbons (Fsp3) is 0.438. The number of rotatable bonds is 5. The van der Waals surface area contributed by atoms with E-state index in [9.17, 15) is 10.0 Å². The van der Waals surface area contributed by atoms with Crippen LogP contribution in [0.15, 0.2) is 47.4 Å². The summed E-state index contributed by atoms with van der Waals surface area (Å²) >= 11 is 1.26. The summed E-state index contributed by atoms with van der Waals surface area (Å²) in [5, 5.41) is 10.6. The molecule has 20 heavy (non-hydrogen) atoms. The summed E-state index contributed by atoms with van der Waals surface area (Å²) in [5.41, 5.74) is 0.173. The summed E-state index contributed by atoms with van der Waals surface area (Å²) in [7, 11) is 0. The van der Waals surface area contributed by atoms with Crippen molar-refractivity contribution < 1.29 is 10.0 Å². The van der Waals surface area contributed by atoms with Crippen LogP contribution >= 0.6 is 11.9 Å². The minimum absolute atomic E-state index is 0.221. The average Bonchev–Trinajstić information content (AvgIpc) is 2.77. The van der Waals surface area contributed by atoms with Crippen LogP contribution in [0.4, 0.5) is 0 Å². The van der Waals surface area contributed by atoms with Crippen LogP contribution in [-0.2, 0) is 4.79 Å². The van der Waals surface area contributed by atoms with Crippen LogP contribution in [0.5, 0.6) is 0 Å². The third-order valence-corrected chi connectivity index (χ3v) is 5.29. The van der Waals surface area contributed by atoms with E-state index in [0.717, 1.165) is 29.6 Å². The third-order valence-electron chi connectivity index (χ3n) is 4.31. The zero-order valence-corrected chi connectivity index (χ0v) is 12.8.